The number of hydrogen-bond donors (Lipinski definition) is 1. The van der Waals surface area contributed by atoms with Crippen LogP contribution in [0.15, 0.2) is 17.2 Å². The minimum Gasteiger partial charge on any atom is -0.502 e. The van der Waals surface area contributed by atoms with Crippen LogP contribution in [0.25, 0.3) is 0 Å². The maximum Gasteiger partial charge on any atom is 0.200 e. The largest absolute Gasteiger partial charge is 0.502 e. The monoisotopic (exact) mass is 238 g/mol. The Kier molecular flexibility index (Phi) is 4.63. The zero-order valence-electron chi connectivity index (χ0n) is 10.6. The molecule has 0 aromatic heterocycles. The van der Waals surface area contributed by atoms with Gasteiger partial charge in [0.2, 0.25) is 5.75 Å². The summed E-state index contributed by atoms with van der Waals surface area (Å²) in [6, 6.07) is 3.53. The van der Waals surface area contributed by atoms with Crippen molar-refractivity contribution in [1.29, 1.82) is 0 Å². The van der Waals surface area contributed by atoms with E-state index in [1.54, 1.807) is 23.4 Å². The van der Waals surface area contributed by atoms with E-state index < -0.39 is 0 Å². The molecule has 0 aliphatic heterocycles. The number of phenolic OH excluding ortho intramolecular Hbond substituents is 1. The van der Waals surface area contributed by atoms with Gasteiger partial charge in [-0.3, -0.25) is 0 Å². The van der Waals surface area contributed by atoms with Crippen LogP contribution in [-0.2, 0) is 6.42 Å². The molecule has 1 N–H and O–H groups in total. The number of hydrazone groups is 1. The van der Waals surface area contributed by atoms with Crippen LogP contribution in [0.2, 0.25) is 0 Å². The maximum atomic E-state index is 9.74. The topological polar surface area (TPSA) is 54.3 Å². The van der Waals surface area contributed by atoms with E-state index >= 15 is 0 Å². The Morgan fingerprint density at radius 1 is 1.24 bits per heavy atom. The smallest absolute Gasteiger partial charge is 0.200 e. The first kappa shape index (κ1) is 13.2. The minimum atomic E-state index is 0.0169. The summed E-state index contributed by atoms with van der Waals surface area (Å²) in [4.78, 5) is 0. The zero-order chi connectivity index (χ0) is 12.8. The molecule has 0 bridgehead atoms. The molecule has 94 valence electrons. The number of nitrogens with zero attached hydrogens (tertiary/aromatic N) is 2. The molecular formula is C12H18N2O3. The van der Waals surface area contributed by atoms with Gasteiger partial charge in [0, 0.05) is 26.7 Å². The number of ether oxygens (including phenoxy) is 2. The summed E-state index contributed by atoms with van der Waals surface area (Å²) >= 11 is 0. The lowest BCUT2D eigenvalue weighted by atomic mass is 10.1. The van der Waals surface area contributed by atoms with Crippen LogP contribution in [0, 0.1) is 0 Å². The van der Waals surface area contributed by atoms with Crippen molar-refractivity contribution in [3.05, 3.63) is 17.7 Å². The number of aromatic hydroxyl groups is 1. The third-order valence-electron chi connectivity index (χ3n) is 2.18. The maximum absolute atomic E-state index is 9.74. The quantitative estimate of drug-likeness (QED) is 0.624. The van der Waals surface area contributed by atoms with E-state index in [9.17, 15) is 5.11 Å². The average Bonchev–Trinajstić information content (AvgIpc) is 2.30. The molecule has 1 aromatic carbocycles. The summed E-state index contributed by atoms with van der Waals surface area (Å²) in [6.45, 7) is 0. The predicted octanol–water partition coefficient (Wildman–Crippen LogP) is 1.50. The molecule has 0 amide bonds. The number of rotatable bonds is 5. The first-order chi connectivity index (χ1) is 8.08. The lowest BCUT2D eigenvalue weighted by Gasteiger charge is -2.10. The van der Waals surface area contributed by atoms with Gasteiger partial charge in [-0.15, -0.1) is 0 Å². The highest BCUT2D eigenvalue weighted by Crippen LogP contribution is 2.36. The number of methoxy groups -OCH3 is 2. The molecule has 0 saturated carbocycles. The molecule has 0 atom stereocenters. The second-order valence-corrected chi connectivity index (χ2v) is 3.70. The lowest BCUT2D eigenvalue weighted by Crippen LogP contribution is -2.02. The highest BCUT2D eigenvalue weighted by Gasteiger charge is 2.10. The molecule has 0 heterocycles. The molecule has 0 aliphatic rings. The third kappa shape index (κ3) is 3.55. The number of hydrogen-bond acceptors (Lipinski definition) is 5. The van der Waals surface area contributed by atoms with Gasteiger partial charge in [-0.25, -0.2) is 0 Å². The van der Waals surface area contributed by atoms with Crippen molar-refractivity contribution in [3.63, 3.8) is 0 Å². The summed E-state index contributed by atoms with van der Waals surface area (Å²) < 4.78 is 10.1. The van der Waals surface area contributed by atoms with Crippen LogP contribution in [0.1, 0.15) is 5.56 Å². The molecule has 1 rings (SSSR count). The van der Waals surface area contributed by atoms with Gasteiger partial charge in [-0.05, 0) is 17.7 Å². The summed E-state index contributed by atoms with van der Waals surface area (Å²) in [5, 5.41) is 15.6. The van der Waals surface area contributed by atoms with Crippen molar-refractivity contribution in [1.82, 2.24) is 5.01 Å². The van der Waals surface area contributed by atoms with Gasteiger partial charge in [0.25, 0.3) is 0 Å². The molecule has 0 aliphatic carbocycles. The number of benzene rings is 1. The van der Waals surface area contributed by atoms with E-state index in [4.69, 9.17) is 9.47 Å². The molecular weight excluding hydrogens is 220 g/mol. The van der Waals surface area contributed by atoms with E-state index in [1.807, 2.05) is 14.1 Å². The van der Waals surface area contributed by atoms with Crippen molar-refractivity contribution >= 4 is 6.21 Å². The molecule has 5 heteroatoms. The summed E-state index contributed by atoms with van der Waals surface area (Å²) in [6.07, 6.45) is 2.43. The van der Waals surface area contributed by atoms with Crippen molar-refractivity contribution in [3.8, 4) is 17.2 Å². The fraction of sp³-hybridized carbons (Fsp3) is 0.417. The Balaban J connectivity index is 2.93. The van der Waals surface area contributed by atoms with Crippen molar-refractivity contribution in [2.45, 2.75) is 6.42 Å². The van der Waals surface area contributed by atoms with E-state index in [0.29, 0.717) is 17.9 Å². The standard InChI is InChI=1S/C12H18N2O3/c1-14(2)13-6-5-9-7-10(16-3)12(15)11(8-9)17-4/h6-8,15H,5H2,1-4H3/b13-6+. The van der Waals surface area contributed by atoms with Crippen LogP contribution in [-0.4, -0.2) is 44.6 Å². The zero-order valence-corrected chi connectivity index (χ0v) is 10.6. The van der Waals surface area contributed by atoms with Crippen molar-refractivity contribution in [2.75, 3.05) is 28.3 Å². The van der Waals surface area contributed by atoms with E-state index in [1.165, 1.54) is 14.2 Å². The van der Waals surface area contributed by atoms with Crippen molar-refractivity contribution in [2.24, 2.45) is 5.10 Å². The first-order valence-electron chi connectivity index (χ1n) is 5.22. The predicted molar refractivity (Wildman–Crippen MR) is 67.1 cm³/mol. The summed E-state index contributed by atoms with van der Waals surface area (Å²) in [5.41, 5.74) is 0.960. The molecule has 17 heavy (non-hydrogen) atoms. The van der Waals surface area contributed by atoms with E-state index in [2.05, 4.69) is 5.10 Å². The van der Waals surface area contributed by atoms with Crippen LogP contribution in [0.3, 0.4) is 0 Å². The molecule has 5 nitrogen and oxygen atoms in total. The fourth-order valence-electron chi connectivity index (χ4n) is 1.38. The first-order valence-corrected chi connectivity index (χ1v) is 5.22. The van der Waals surface area contributed by atoms with Gasteiger partial charge < -0.3 is 19.6 Å². The van der Waals surface area contributed by atoms with Gasteiger partial charge in [0.15, 0.2) is 11.5 Å². The second-order valence-electron chi connectivity index (χ2n) is 3.70. The number of phenols is 1. The molecule has 0 saturated heterocycles. The Morgan fingerprint density at radius 3 is 2.18 bits per heavy atom. The highest BCUT2D eigenvalue weighted by atomic mass is 16.5. The van der Waals surface area contributed by atoms with Gasteiger partial charge in [-0.1, -0.05) is 0 Å². The van der Waals surface area contributed by atoms with Crippen LogP contribution >= 0.6 is 0 Å². The normalized spacial score (nSPS) is 10.6. The van der Waals surface area contributed by atoms with E-state index in [-0.39, 0.29) is 5.75 Å². The molecule has 1 aromatic rings. The van der Waals surface area contributed by atoms with Gasteiger partial charge in [0.1, 0.15) is 0 Å². The van der Waals surface area contributed by atoms with Gasteiger partial charge in [-0.2, -0.15) is 5.10 Å². The minimum absolute atomic E-state index is 0.0169. The highest BCUT2D eigenvalue weighted by molar-refractivity contribution is 5.64. The lowest BCUT2D eigenvalue weighted by molar-refractivity contribution is 0.339. The van der Waals surface area contributed by atoms with Crippen molar-refractivity contribution < 1.29 is 14.6 Å². The molecule has 0 spiro atoms. The second kappa shape index (κ2) is 5.98. The van der Waals surface area contributed by atoms with Crippen LogP contribution < -0.4 is 9.47 Å². The molecule has 0 fully saturated rings. The van der Waals surface area contributed by atoms with E-state index in [0.717, 1.165) is 5.56 Å². The SMILES string of the molecule is COc1cc(C/C=N/N(C)C)cc(OC)c1O. The Morgan fingerprint density at radius 2 is 1.76 bits per heavy atom. The Labute approximate surface area is 101 Å². The fourth-order valence-corrected chi connectivity index (χ4v) is 1.38. The molecule has 0 unspecified atom stereocenters. The third-order valence-corrected chi connectivity index (χ3v) is 2.18. The molecule has 0 radical (unpaired) electrons. The van der Waals surface area contributed by atoms with Gasteiger partial charge >= 0.3 is 0 Å². The van der Waals surface area contributed by atoms with Gasteiger partial charge in [0.05, 0.1) is 14.2 Å². The average molecular weight is 238 g/mol. The Bertz CT molecular complexity index is 378. The summed E-state index contributed by atoms with van der Waals surface area (Å²) in [7, 11) is 6.72. The summed E-state index contributed by atoms with van der Waals surface area (Å²) in [5.74, 6) is 0.818. The Hall–Kier alpha value is -1.91. The van der Waals surface area contributed by atoms with Crippen LogP contribution in [0.5, 0.6) is 17.2 Å². The van der Waals surface area contributed by atoms with Crippen LogP contribution in [0.4, 0.5) is 0 Å².